The van der Waals surface area contributed by atoms with Gasteiger partial charge in [-0.2, -0.15) is 0 Å². The van der Waals surface area contributed by atoms with E-state index in [9.17, 15) is 9.59 Å². The van der Waals surface area contributed by atoms with Crippen LogP contribution in [-0.2, 0) is 14.3 Å². The molecule has 0 aromatic carbocycles. The lowest BCUT2D eigenvalue weighted by Crippen LogP contribution is -2.29. The summed E-state index contributed by atoms with van der Waals surface area (Å²) < 4.78 is 4.80. The van der Waals surface area contributed by atoms with E-state index in [1.54, 1.807) is 0 Å². The fraction of sp³-hybridized carbons (Fsp3) is 0.833. The van der Waals surface area contributed by atoms with Crippen LogP contribution < -0.4 is 11.1 Å². The first-order valence-electron chi connectivity index (χ1n) is 6.14. The second-order valence-corrected chi connectivity index (χ2v) is 5.00. The molecule has 6 heteroatoms. The summed E-state index contributed by atoms with van der Waals surface area (Å²) in [4.78, 5) is 21.6. The van der Waals surface area contributed by atoms with Crippen LogP contribution in [0, 0.1) is 5.41 Å². The van der Waals surface area contributed by atoms with Crippen molar-refractivity contribution in [3.63, 3.8) is 0 Å². The largest absolute Gasteiger partial charge is 0.480 e. The van der Waals surface area contributed by atoms with Crippen molar-refractivity contribution in [3.05, 3.63) is 0 Å². The van der Waals surface area contributed by atoms with Crippen LogP contribution in [0.4, 0.5) is 0 Å². The Labute approximate surface area is 108 Å². The fourth-order valence-corrected chi connectivity index (χ4v) is 1.48. The molecule has 106 valence electrons. The van der Waals surface area contributed by atoms with E-state index < -0.39 is 5.97 Å². The summed E-state index contributed by atoms with van der Waals surface area (Å²) in [7, 11) is 0. The Morgan fingerprint density at radius 1 is 1.33 bits per heavy atom. The highest BCUT2D eigenvalue weighted by Crippen LogP contribution is 2.25. The molecule has 0 unspecified atom stereocenters. The van der Waals surface area contributed by atoms with Gasteiger partial charge < -0.3 is 20.9 Å². The van der Waals surface area contributed by atoms with Crippen molar-refractivity contribution in [2.45, 2.75) is 33.1 Å². The van der Waals surface area contributed by atoms with Crippen LogP contribution in [0.25, 0.3) is 0 Å². The zero-order valence-electron chi connectivity index (χ0n) is 11.2. The average Bonchev–Trinajstić information content (AvgIpc) is 2.25. The maximum Gasteiger partial charge on any atom is 0.329 e. The van der Waals surface area contributed by atoms with Crippen molar-refractivity contribution in [2.24, 2.45) is 11.1 Å². The molecule has 0 saturated carbocycles. The number of nitrogens with two attached hydrogens (primary N) is 1. The summed E-state index contributed by atoms with van der Waals surface area (Å²) in [5, 5.41) is 11.0. The molecule has 0 atom stereocenters. The first kappa shape index (κ1) is 16.9. The lowest BCUT2D eigenvalue weighted by atomic mass is 9.84. The molecule has 6 nitrogen and oxygen atoms in total. The van der Waals surface area contributed by atoms with Crippen molar-refractivity contribution in [2.75, 3.05) is 26.3 Å². The number of ether oxygens (including phenoxy) is 1. The first-order valence-corrected chi connectivity index (χ1v) is 6.14. The van der Waals surface area contributed by atoms with E-state index in [0.29, 0.717) is 19.5 Å². The summed E-state index contributed by atoms with van der Waals surface area (Å²) in [6.45, 7) is 5.01. The van der Waals surface area contributed by atoms with Crippen LogP contribution in [0.5, 0.6) is 0 Å². The summed E-state index contributed by atoms with van der Waals surface area (Å²) in [6, 6.07) is 0. The molecule has 0 fully saturated rings. The Morgan fingerprint density at radius 3 is 2.56 bits per heavy atom. The van der Waals surface area contributed by atoms with Gasteiger partial charge in [0.15, 0.2) is 0 Å². The molecule has 1 amide bonds. The number of amides is 1. The van der Waals surface area contributed by atoms with Gasteiger partial charge in [0, 0.05) is 13.0 Å². The summed E-state index contributed by atoms with van der Waals surface area (Å²) in [5.41, 5.74) is 5.57. The Balaban J connectivity index is 3.57. The number of hydrogen-bond donors (Lipinski definition) is 3. The molecule has 0 aliphatic heterocycles. The highest BCUT2D eigenvalue weighted by atomic mass is 16.5. The molecule has 0 rings (SSSR count). The van der Waals surface area contributed by atoms with Crippen molar-refractivity contribution >= 4 is 11.9 Å². The van der Waals surface area contributed by atoms with Crippen LogP contribution in [0.1, 0.15) is 33.1 Å². The second kappa shape index (κ2) is 8.88. The molecule has 0 aromatic rings. The topological polar surface area (TPSA) is 102 Å². The van der Waals surface area contributed by atoms with Crippen LogP contribution in [-0.4, -0.2) is 43.3 Å². The lowest BCUT2D eigenvalue weighted by Gasteiger charge is -2.23. The van der Waals surface area contributed by atoms with E-state index >= 15 is 0 Å². The molecular formula is C12H24N2O4. The van der Waals surface area contributed by atoms with Crippen LogP contribution >= 0.6 is 0 Å². The van der Waals surface area contributed by atoms with Gasteiger partial charge >= 0.3 is 5.97 Å². The Hall–Kier alpha value is -1.14. The minimum absolute atomic E-state index is 0.0426. The number of hydrogen-bond acceptors (Lipinski definition) is 4. The van der Waals surface area contributed by atoms with Crippen molar-refractivity contribution in [1.29, 1.82) is 0 Å². The third kappa shape index (κ3) is 10.0. The number of rotatable bonds is 10. The van der Waals surface area contributed by atoms with Crippen molar-refractivity contribution in [1.82, 2.24) is 5.32 Å². The van der Waals surface area contributed by atoms with Crippen LogP contribution in [0.3, 0.4) is 0 Å². The SMILES string of the molecule is CC(C)(CCN)CCC(=O)NCCOCC(=O)O. The van der Waals surface area contributed by atoms with Crippen molar-refractivity contribution < 1.29 is 19.4 Å². The van der Waals surface area contributed by atoms with Crippen LogP contribution in [0.2, 0.25) is 0 Å². The molecule has 18 heavy (non-hydrogen) atoms. The second-order valence-electron chi connectivity index (χ2n) is 5.00. The molecule has 4 N–H and O–H groups in total. The molecule has 0 heterocycles. The van der Waals surface area contributed by atoms with Gasteiger partial charge in [-0.3, -0.25) is 4.79 Å². The molecule has 0 bridgehead atoms. The third-order valence-corrected chi connectivity index (χ3v) is 2.64. The molecule has 0 aliphatic rings. The zero-order chi connectivity index (χ0) is 14.0. The molecule has 0 aliphatic carbocycles. The number of aliphatic carboxylic acids is 1. The van der Waals surface area contributed by atoms with E-state index in [2.05, 4.69) is 19.2 Å². The third-order valence-electron chi connectivity index (χ3n) is 2.64. The molecule has 0 spiro atoms. The molecule has 0 saturated heterocycles. The van der Waals surface area contributed by atoms with Gasteiger partial charge in [-0.15, -0.1) is 0 Å². The minimum atomic E-state index is -1.01. The Morgan fingerprint density at radius 2 is 2.00 bits per heavy atom. The van der Waals surface area contributed by atoms with Crippen molar-refractivity contribution in [3.8, 4) is 0 Å². The number of carboxylic acid groups (broad SMARTS) is 1. The zero-order valence-corrected chi connectivity index (χ0v) is 11.2. The van der Waals surface area contributed by atoms with Gasteiger partial charge in [-0.05, 0) is 24.8 Å². The highest BCUT2D eigenvalue weighted by Gasteiger charge is 2.17. The smallest absolute Gasteiger partial charge is 0.329 e. The number of carbonyl (C=O) groups excluding carboxylic acids is 1. The molecule has 0 radical (unpaired) electrons. The fourth-order valence-electron chi connectivity index (χ4n) is 1.48. The summed E-state index contributed by atoms with van der Waals surface area (Å²) in [6.07, 6.45) is 2.12. The van der Waals surface area contributed by atoms with Gasteiger partial charge in [0.25, 0.3) is 0 Å². The normalized spacial score (nSPS) is 11.3. The predicted octanol–water partition coefficient (Wildman–Crippen LogP) is 0.359. The van der Waals surface area contributed by atoms with E-state index in [1.165, 1.54) is 0 Å². The van der Waals surface area contributed by atoms with E-state index in [-0.39, 0.29) is 24.5 Å². The quantitative estimate of drug-likeness (QED) is 0.492. The highest BCUT2D eigenvalue weighted by molar-refractivity contribution is 5.75. The number of carboxylic acids is 1. The maximum absolute atomic E-state index is 11.5. The molecule has 0 aromatic heterocycles. The average molecular weight is 260 g/mol. The summed E-state index contributed by atoms with van der Waals surface area (Å²) in [5.74, 6) is -1.05. The van der Waals surface area contributed by atoms with Gasteiger partial charge in [-0.1, -0.05) is 13.8 Å². The van der Waals surface area contributed by atoms with Gasteiger partial charge in [0.05, 0.1) is 6.61 Å². The van der Waals surface area contributed by atoms with Gasteiger partial charge in [0.2, 0.25) is 5.91 Å². The number of carbonyl (C=O) groups is 2. The lowest BCUT2D eigenvalue weighted by molar-refractivity contribution is -0.142. The number of nitrogens with one attached hydrogen (secondary N) is 1. The Kier molecular flexibility index (Phi) is 8.32. The van der Waals surface area contributed by atoms with E-state index in [0.717, 1.165) is 12.8 Å². The monoisotopic (exact) mass is 260 g/mol. The van der Waals surface area contributed by atoms with Crippen LogP contribution in [0.15, 0.2) is 0 Å². The first-order chi connectivity index (χ1) is 8.37. The maximum atomic E-state index is 11.5. The Bertz CT molecular complexity index is 267. The van der Waals surface area contributed by atoms with E-state index in [1.807, 2.05) is 0 Å². The van der Waals surface area contributed by atoms with Gasteiger partial charge in [-0.25, -0.2) is 4.79 Å². The summed E-state index contributed by atoms with van der Waals surface area (Å²) >= 11 is 0. The minimum Gasteiger partial charge on any atom is -0.480 e. The standard InChI is InChI=1S/C12H24N2O4/c1-12(2,5-6-13)4-3-10(15)14-7-8-18-9-11(16)17/h3-9,13H2,1-2H3,(H,14,15)(H,16,17). The van der Waals surface area contributed by atoms with Gasteiger partial charge in [0.1, 0.15) is 6.61 Å². The van der Waals surface area contributed by atoms with E-state index in [4.69, 9.17) is 15.6 Å². The molecular weight excluding hydrogens is 236 g/mol. The predicted molar refractivity (Wildman–Crippen MR) is 68.2 cm³/mol.